The SMILES string of the molecule is CC.CC.CC.CC.CC.CC.CNC(C(=O)NC(C(=O)NC(C(=O)NC(C(=O)NC(C(=O)NC(C(=O)O)c1ccc(NC(=N)N)cc1)c1ccc(NC(=N)N)cc1)c1ccc(NC(=N)N)cc1)c1ccc(NC(=N)N)cc1)c1ccc(NC(=N)N)cc1)c1ccc(NC(=N)N)cc1. The van der Waals surface area contributed by atoms with Gasteiger partial charge in [0.05, 0.1) is 0 Å². The molecule has 530 valence electrons. The number of carbonyl (C=O) groups excluding carboxylic acids is 5. The van der Waals surface area contributed by atoms with Gasteiger partial charge >= 0.3 is 5.97 Å². The van der Waals surface area contributed by atoms with Crippen LogP contribution in [0.1, 0.15) is 153 Å². The van der Waals surface area contributed by atoms with Gasteiger partial charge in [-0.25, -0.2) is 4.79 Å². The number of benzene rings is 6. The Morgan fingerprint density at radius 2 is 0.398 bits per heavy atom. The maximum absolute atomic E-state index is 15.3. The number of anilines is 6. The molecule has 0 aliphatic rings. The highest BCUT2D eigenvalue weighted by atomic mass is 16.4. The quantitative estimate of drug-likeness (QED) is 0.0208. The van der Waals surface area contributed by atoms with Crippen molar-refractivity contribution in [3.05, 3.63) is 179 Å². The molecule has 0 aliphatic heterocycles. The summed E-state index contributed by atoms with van der Waals surface area (Å²) in [7, 11) is 1.51. The predicted molar refractivity (Wildman–Crippen MR) is 394 cm³/mol. The van der Waals surface area contributed by atoms with E-state index in [1.807, 2.05) is 83.1 Å². The Hall–Kier alpha value is -12.3. The second-order valence-corrected chi connectivity index (χ2v) is 18.7. The maximum Gasteiger partial charge on any atom is 0.330 e. The minimum Gasteiger partial charge on any atom is -0.479 e. The van der Waals surface area contributed by atoms with Gasteiger partial charge in [-0.1, -0.05) is 156 Å². The van der Waals surface area contributed by atoms with E-state index in [0.717, 1.165) is 0 Å². The fourth-order valence-electron chi connectivity index (χ4n) is 8.55. The van der Waals surface area contributed by atoms with Crippen molar-refractivity contribution in [2.45, 2.75) is 119 Å². The summed E-state index contributed by atoms with van der Waals surface area (Å²) in [5.41, 5.74) is 36.2. The van der Waals surface area contributed by atoms with Gasteiger partial charge in [-0.2, -0.15) is 0 Å². The number of hydrogen-bond acceptors (Lipinski definition) is 13. The summed E-state index contributed by atoms with van der Waals surface area (Å²) in [5.74, 6) is -8.72. The number of nitrogens with one attached hydrogen (secondary N) is 18. The Kier molecular flexibility index (Phi) is 40.2. The van der Waals surface area contributed by atoms with Gasteiger partial charge in [0.1, 0.15) is 30.2 Å². The van der Waals surface area contributed by atoms with Gasteiger partial charge in [0.2, 0.25) is 29.5 Å². The van der Waals surface area contributed by atoms with Crippen LogP contribution in [0.15, 0.2) is 146 Å². The van der Waals surface area contributed by atoms with Crippen LogP contribution in [0.25, 0.3) is 0 Å². The molecule has 0 aliphatic carbocycles. The summed E-state index contributed by atoms with van der Waals surface area (Å²) in [5, 5.41) is 88.4. The highest BCUT2D eigenvalue weighted by Crippen LogP contribution is 2.28. The lowest BCUT2D eigenvalue weighted by atomic mass is 9.99. The Balaban J connectivity index is 0.00000742. The van der Waals surface area contributed by atoms with Crippen molar-refractivity contribution in [1.29, 1.82) is 32.5 Å². The molecule has 31 N–H and O–H groups in total. The molecule has 6 rings (SSSR count). The first-order valence-corrected chi connectivity index (χ1v) is 31.6. The largest absolute Gasteiger partial charge is 0.479 e. The zero-order chi connectivity index (χ0) is 74.8. The number of nitrogens with two attached hydrogens (primary N) is 6. The van der Waals surface area contributed by atoms with Crippen LogP contribution in [0.5, 0.6) is 0 Å². The minimum absolute atomic E-state index is 0.0616. The van der Waals surface area contributed by atoms with Crippen molar-refractivity contribution in [3.63, 3.8) is 0 Å². The third-order valence-corrected chi connectivity index (χ3v) is 12.4. The van der Waals surface area contributed by atoms with E-state index in [0.29, 0.717) is 34.0 Å². The molecule has 0 bridgehead atoms. The van der Waals surface area contributed by atoms with Crippen molar-refractivity contribution in [2.75, 3.05) is 38.9 Å². The summed E-state index contributed by atoms with van der Waals surface area (Å²) in [6, 6.07) is 25.3. The van der Waals surface area contributed by atoms with Crippen molar-refractivity contribution in [3.8, 4) is 0 Å². The topological polar surface area (TPSA) is 566 Å². The van der Waals surface area contributed by atoms with Crippen molar-refractivity contribution in [1.82, 2.24) is 31.9 Å². The number of carboxylic acids is 1. The predicted octanol–water partition coefficient (Wildman–Crippen LogP) is 7.31. The van der Waals surface area contributed by atoms with E-state index in [1.165, 1.54) is 128 Å². The van der Waals surface area contributed by atoms with Crippen LogP contribution in [0.2, 0.25) is 0 Å². The highest BCUT2D eigenvalue weighted by molar-refractivity contribution is 5.99. The van der Waals surface area contributed by atoms with Gasteiger partial charge in [0, 0.05) is 34.1 Å². The van der Waals surface area contributed by atoms with Gasteiger partial charge in [-0.3, -0.25) is 56.4 Å². The van der Waals surface area contributed by atoms with E-state index in [2.05, 4.69) is 63.8 Å². The zero-order valence-electron chi connectivity index (χ0n) is 57.7. The molecule has 98 heavy (non-hydrogen) atoms. The highest BCUT2D eigenvalue weighted by Gasteiger charge is 2.36. The van der Waals surface area contributed by atoms with Crippen LogP contribution in [-0.4, -0.2) is 83.4 Å². The molecule has 0 aromatic heterocycles. The maximum atomic E-state index is 15.3. The Morgan fingerprint density at radius 1 is 0.265 bits per heavy atom. The van der Waals surface area contributed by atoms with E-state index in [1.54, 1.807) is 24.3 Å². The molecule has 0 saturated carbocycles. The number of carbonyl (C=O) groups is 6. The summed E-state index contributed by atoms with van der Waals surface area (Å²) >= 11 is 0. The molecule has 0 radical (unpaired) electrons. The van der Waals surface area contributed by atoms with Crippen LogP contribution in [0, 0.1) is 32.5 Å². The molecule has 31 heteroatoms. The molecule has 0 fully saturated rings. The molecular formula is C67H100N24O7. The summed E-state index contributed by atoms with van der Waals surface area (Å²) < 4.78 is 0. The van der Waals surface area contributed by atoms with E-state index >= 15 is 14.4 Å². The molecule has 0 heterocycles. The first-order valence-electron chi connectivity index (χ1n) is 31.6. The lowest BCUT2D eigenvalue weighted by Crippen LogP contribution is -2.50. The fourth-order valence-corrected chi connectivity index (χ4v) is 8.55. The normalized spacial score (nSPS) is 11.5. The zero-order valence-corrected chi connectivity index (χ0v) is 57.7. The van der Waals surface area contributed by atoms with Crippen LogP contribution < -0.4 is 98.2 Å². The number of likely N-dealkylation sites (N-methyl/N-ethyl adjacent to an activating group) is 1. The second kappa shape index (κ2) is 45.9. The van der Waals surface area contributed by atoms with Crippen molar-refractivity contribution < 1.29 is 33.9 Å². The van der Waals surface area contributed by atoms with Gasteiger partial charge in [0.25, 0.3) is 0 Å². The molecule has 6 unspecified atom stereocenters. The second-order valence-electron chi connectivity index (χ2n) is 18.7. The van der Waals surface area contributed by atoms with E-state index < -0.39 is 89.6 Å². The third-order valence-electron chi connectivity index (χ3n) is 12.4. The third kappa shape index (κ3) is 28.5. The standard InChI is InChI=1S/C55H64N24O7.6C2H6/c1-68-38(26-2-14-32(15-3-26)69-50(56)57)44(80)75-39(27-4-16-33(17-5-27)70-51(58)59)45(81)76-40(28-6-18-34(19-7-28)71-52(60)61)46(82)77-41(29-8-20-35(21-9-29)72-53(62)63)47(83)78-42(30-10-22-36(23-11-30)73-54(64)65)48(84)79-43(49(85)86)31-12-24-37(25-13-31)74-55(66)67;6*1-2/h2-25,38-43,68H,1H3,(H,75,80)(H,76,81)(H,77,82)(H,78,83)(H,79,84)(H,85,86)(H4,56,57,69)(H4,58,59,70)(H4,60,61,71)(H4,62,63,72)(H4,64,65,73)(H4,66,67,74);6*1-2H3. The van der Waals surface area contributed by atoms with Crippen molar-refractivity contribution in [2.24, 2.45) is 34.4 Å². The smallest absolute Gasteiger partial charge is 0.330 e. The molecular weight excluding hydrogens is 1250 g/mol. The van der Waals surface area contributed by atoms with E-state index in [-0.39, 0.29) is 51.4 Å². The summed E-state index contributed by atoms with van der Waals surface area (Å²) in [6.45, 7) is 24.0. The molecule has 5 amide bonds. The lowest BCUT2D eigenvalue weighted by Gasteiger charge is -2.28. The lowest BCUT2D eigenvalue weighted by molar-refractivity contribution is -0.142. The van der Waals surface area contributed by atoms with Crippen molar-refractivity contribution >= 4 is 105 Å². The van der Waals surface area contributed by atoms with E-state index in [4.69, 9.17) is 66.9 Å². The van der Waals surface area contributed by atoms with Crippen LogP contribution in [-0.2, 0) is 28.8 Å². The van der Waals surface area contributed by atoms with Crippen LogP contribution in [0.3, 0.4) is 0 Å². The number of guanidine groups is 6. The van der Waals surface area contributed by atoms with Crippen LogP contribution >= 0.6 is 0 Å². The average molecular weight is 1350 g/mol. The molecule has 31 nitrogen and oxygen atoms in total. The molecule has 0 saturated heterocycles. The van der Waals surface area contributed by atoms with Crippen LogP contribution in [0.4, 0.5) is 34.1 Å². The summed E-state index contributed by atoms with van der Waals surface area (Å²) in [4.78, 5) is 87.3. The number of carboxylic acid groups (broad SMARTS) is 1. The number of amides is 5. The first kappa shape index (κ1) is 85.7. The fraction of sp³-hybridized carbons (Fsp3) is 0.284. The van der Waals surface area contributed by atoms with Gasteiger partial charge < -0.3 is 103 Å². The number of rotatable bonds is 24. The van der Waals surface area contributed by atoms with Gasteiger partial charge in [0.15, 0.2) is 41.8 Å². The molecule has 6 aromatic carbocycles. The minimum atomic E-state index is -1.78. The Bertz CT molecular complexity index is 3520. The Morgan fingerprint density at radius 3 is 0.541 bits per heavy atom. The summed E-state index contributed by atoms with van der Waals surface area (Å²) in [6.07, 6.45) is 0. The number of aliphatic carboxylic acids is 1. The first-order chi connectivity index (χ1) is 46.9. The molecule has 0 spiro atoms. The average Bonchev–Trinajstić information content (AvgIpc) is 0.830. The Labute approximate surface area is 573 Å². The molecule has 6 aromatic rings. The van der Waals surface area contributed by atoms with E-state index in [9.17, 15) is 19.5 Å². The monoisotopic (exact) mass is 1350 g/mol. The number of hydrogen-bond donors (Lipinski definition) is 25. The molecule has 6 atom stereocenters. The van der Waals surface area contributed by atoms with Gasteiger partial charge in [-0.15, -0.1) is 0 Å². The van der Waals surface area contributed by atoms with Gasteiger partial charge in [-0.05, 0) is 113 Å².